The molecule has 1 saturated carbocycles. The number of amides is 1. The van der Waals surface area contributed by atoms with E-state index in [0.717, 1.165) is 36.8 Å². The number of oxazole rings is 1. The summed E-state index contributed by atoms with van der Waals surface area (Å²) in [4.78, 5) is 16.5. The van der Waals surface area contributed by atoms with Crippen molar-refractivity contribution in [3.63, 3.8) is 0 Å². The van der Waals surface area contributed by atoms with Gasteiger partial charge in [-0.25, -0.2) is 4.98 Å². The number of aromatic nitrogens is 1. The summed E-state index contributed by atoms with van der Waals surface area (Å²) in [7, 11) is 0. The lowest BCUT2D eigenvalue weighted by Crippen LogP contribution is -2.36. The van der Waals surface area contributed by atoms with Crippen molar-refractivity contribution in [2.24, 2.45) is 0 Å². The minimum atomic E-state index is -0.0876. The second-order valence-corrected chi connectivity index (χ2v) is 6.82. The van der Waals surface area contributed by atoms with Crippen molar-refractivity contribution in [2.75, 3.05) is 0 Å². The summed E-state index contributed by atoms with van der Waals surface area (Å²) < 4.78 is 5.59. The first-order chi connectivity index (χ1) is 12.8. The van der Waals surface area contributed by atoms with Crippen molar-refractivity contribution < 1.29 is 9.21 Å². The van der Waals surface area contributed by atoms with Crippen LogP contribution in [0.3, 0.4) is 0 Å². The Morgan fingerprint density at radius 3 is 2.50 bits per heavy atom. The van der Waals surface area contributed by atoms with Crippen molar-refractivity contribution in [2.45, 2.75) is 37.6 Å². The van der Waals surface area contributed by atoms with Gasteiger partial charge in [0.1, 0.15) is 5.52 Å². The topological polar surface area (TPSA) is 55.1 Å². The molecule has 1 N–H and O–H groups in total. The Morgan fingerprint density at radius 2 is 1.73 bits per heavy atom. The van der Waals surface area contributed by atoms with Crippen LogP contribution in [-0.2, 0) is 4.79 Å². The highest BCUT2D eigenvalue weighted by Gasteiger charge is 2.22. The second kappa shape index (κ2) is 7.56. The molecule has 2 aromatic carbocycles. The molecule has 1 aromatic heterocycles. The summed E-state index contributed by atoms with van der Waals surface area (Å²) in [6, 6.07) is 18.5. The van der Waals surface area contributed by atoms with Gasteiger partial charge < -0.3 is 9.73 Å². The molecule has 1 heterocycles. The van der Waals surface area contributed by atoms with Gasteiger partial charge in [-0.05, 0) is 49.3 Å². The van der Waals surface area contributed by atoms with Gasteiger partial charge in [0, 0.05) is 18.2 Å². The largest absolute Gasteiger partial charge is 0.437 e. The number of benzene rings is 2. The molecule has 0 spiro atoms. The summed E-state index contributed by atoms with van der Waals surface area (Å²) in [6.07, 6.45) is 7.40. The molecule has 0 saturated heterocycles. The third-order valence-corrected chi connectivity index (χ3v) is 5.03. The maximum atomic E-state index is 12.2. The van der Waals surface area contributed by atoms with E-state index in [9.17, 15) is 4.79 Å². The Labute approximate surface area is 152 Å². The summed E-state index contributed by atoms with van der Waals surface area (Å²) in [6.45, 7) is 0. The van der Waals surface area contributed by atoms with Crippen LogP contribution < -0.4 is 5.32 Å². The molecule has 4 heteroatoms. The van der Waals surface area contributed by atoms with Gasteiger partial charge in [-0.1, -0.05) is 42.5 Å². The summed E-state index contributed by atoms with van der Waals surface area (Å²) in [5.41, 5.74) is 2.94. The predicted octanol–water partition coefficient (Wildman–Crippen LogP) is 4.68. The third-order valence-electron chi connectivity index (χ3n) is 5.03. The van der Waals surface area contributed by atoms with Gasteiger partial charge in [-0.15, -0.1) is 0 Å². The van der Waals surface area contributed by atoms with Crippen LogP contribution in [0.25, 0.3) is 17.2 Å². The van der Waals surface area contributed by atoms with E-state index in [2.05, 4.69) is 40.6 Å². The Balaban J connectivity index is 1.30. The molecule has 0 bridgehead atoms. The van der Waals surface area contributed by atoms with E-state index in [4.69, 9.17) is 4.42 Å². The Bertz CT molecular complexity index is 873. The molecular weight excluding hydrogens is 324 g/mol. The molecule has 0 aliphatic heterocycles. The first-order valence-electron chi connectivity index (χ1n) is 9.17. The van der Waals surface area contributed by atoms with Gasteiger partial charge in [0.25, 0.3) is 0 Å². The van der Waals surface area contributed by atoms with Gasteiger partial charge in [-0.3, -0.25) is 4.79 Å². The normalized spacial score (nSPS) is 20.5. The van der Waals surface area contributed by atoms with Crippen LogP contribution in [0.4, 0.5) is 0 Å². The van der Waals surface area contributed by atoms with Gasteiger partial charge in [0.2, 0.25) is 11.8 Å². The van der Waals surface area contributed by atoms with E-state index in [1.807, 2.05) is 24.3 Å². The monoisotopic (exact) mass is 346 g/mol. The number of nitrogens with one attached hydrogen (secondary N) is 1. The third kappa shape index (κ3) is 3.85. The van der Waals surface area contributed by atoms with E-state index in [1.54, 1.807) is 6.08 Å². The molecule has 1 aliphatic carbocycles. The first-order valence-corrected chi connectivity index (χ1v) is 9.17. The van der Waals surface area contributed by atoms with Crippen LogP contribution in [0, 0.1) is 0 Å². The van der Waals surface area contributed by atoms with Crippen LogP contribution in [0.1, 0.15) is 43.1 Å². The van der Waals surface area contributed by atoms with Crippen molar-refractivity contribution in [1.29, 1.82) is 0 Å². The molecule has 4 nitrogen and oxygen atoms in total. The average Bonchev–Trinajstić information content (AvgIpc) is 3.11. The lowest BCUT2D eigenvalue weighted by Gasteiger charge is -2.29. The Kier molecular flexibility index (Phi) is 4.82. The molecular formula is C22H22N2O2. The summed E-state index contributed by atoms with van der Waals surface area (Å²) in [5, 5.41) is 3.10. The molecule has 1 amide bonds. The van der Waals surface area contributed by atoms with Crippen LogP contribution >= 0.6 is 0 Å². The van der Waals surface area contributed by atoms with Gasteiger partial charge in [0.15, 0.2) is 5.58 Å². The zero-order chi connectivity index (χ0) is 17.8. The van der Waals surface area contributed by atoms with E-state index in [1.165, 1.54) is 11.6 Å². The van der Waals surface area contributed by atoms with E-state index >= 15 is 0 Å². The lowest BCUT2D eigenvalue weighted by atomic mass is 9.82. The van der Waals surface area contributed by atoms with Gasteiger partial charge >= 0.3 is 0 Å². The smallest absolute Gasteiger partial charge is 0.244 e. The summed E-state index contributed by atoms with van der Waals surface area (Å²) in [5.74, 6) is 0.976. The van der Waals surface area contributed by atoms with Crippen molar-refractivity contribution in [1.82, 2.24) is 10.3 Å². The number of rotatable bonds is 4. The zero-order valence-electron chi connectivity index (χ0n) is 14.6. The van der Waals surface area contributed by atoms with Crippen LogP contribution in [0.15, 0.2) is 65.1 Å². The molecule has 132 valence electrons. The van der Waals surface area contributed by atoms with Crippen molar-refractivity contribution in [3.05, 3.63) is 72.1 Å². The molecule has 4 rings (SSSR count). The van der Waals surface area contributed by atoms with E-state index < -0.39 is 0 Å². The van der Waals surface area contributed by atoms with Crippen LogP contribution in [0.2, 0.25) is 0 Å². The average molecular weight is 346 g/mol. The first kappa shape index (κ1) is 16.6. The minimum absolute atomic E-state index is 0.0876. The molecule has 1 fully saturated rings. The number of hydrogen-bond acceptors (Lipinski definition) is 3. The number of fused-ring (bicyclic) bond motifs is 1. The van der Waals surface area contributed by atoms with Crippen molar-refractivity contribution in [3.8, 4) is 0 Å². The molecule has 1 aliphatic rings. The molecule has 0 unspecified atom stereocenters. The number of carbonyl (C=O) groups excluding carboxylic acids is 1. The van der Waals surface area contributed by atoms with E-state index in [-0.39, 0.29) is 11.9 Å². The summed E-state index contributed by atoms with van der Waals surface area (Å²) >= 11 is 0. The fourth-order valence-electron chi connectivity index (χ4n) is 3.65. The van der Waals surface area contributed by atoms with Crippen LogP contribution in [-0.4, -0.2) is 16.9 Å². The number of carbonyl (C=O) groups is 1. The molecule has 3 aromatic rings. The number of nitrogens with zero attached hydrogens (tertiary/aromatic N) is 1. The van der Waals surface area contributed by atoms with Gasteiger partial charge in [0.05, 0.1) is 0 Å². The lowest BCUT2D eigenvalue weighted by molar-refractivity contribution is -0.117. The van der Waals surface area contributed by atoms with Crippen LogP contribution in [0.5, 0.6) is 0 Å². The van der Waals surface area contributed by atoms with Gasteiger partial charge in [-0.2, -0.15) is 0 Å². The Hall–Kier alpha value is -2.88. The highest BCUT2D eigenvalue weighted by molar-refractivity contribution is 5.91. The maximum absolute atomic E-state index is 12.2. The number of hydrogen-bond donors (Lipinski definition) is 1. The fourth-order valence-corrected chi connectivity index (χ4v) is 3.65. The highest BCUT2D eigenvalue weighted by atomic mass is 16.3. The minimum Gasteiger partial charge on any atom is -0.437 e. The Morgan fingerprint density at radius 1 is 1.00 bits per heavy atom. The molecule has 0 atom stereocenters. The zero-order valence-corrected chi connectivity index (χ0v) is 14.6. The maximum Gasteiger partial charge on any atom is 0.244 e. The highest BCUT2D eigenvalue weighted by Crippen LogP contribution is 2.32. The molecule has 26 heavy (non-hydrogen) atoms. The second-order valence-electron chi connectivity index (χ2n) is 6.82. The SMILES string of the molecule is O=C(/C=C/c1nc2ccccc2o1)NC1CCC(c2ccccc2)CC1. The molecule has 0 radical (unpaired) electrons. The quantitative estimate of drug-likeness (QED) is 0.698. The predicted molar refractivity (Wildman–Crippen MR) is 103 cm³/mol. The van der Waals surface area contributed by atoms with E-state index in [0.29, 0.717) is 11.8 Å². The number of para-hydroxylation sites is 2. The fraction of sp³-hybridized carbons (Fsp3) is 0.273. The van der Waals surface area contributed by atoms with Crippen molar-refractivity contribution >= 4 is 23.1 Å². The standard InChI is InChI=1S/C22H22N2O2/c25-21(14-15-22-24-19-8-4-5-9-20(19)26-22)23-18-12-10-17(11-13-18)16-6-2-1-3-7-16/h1-9,14-15,17-18H,10-13H2,(H,23,25)/b15-14+.